The van der Waals surface area contributed by atoms with Gasteiger partial charge in [-0.2, -0.15) is 5.10 Å². The summed E-state index contributed by atoms with van der Waals surface area (Å²) in [4.78, 5) is 16.5. The van der Waals surface area contributed by atoms with E-state index in [9.17, 15) is 4.79 Å². The summed E-state index contributed by atoms with van der Waals surface area (Å²) in [5.41, 5.74) is 2.64. The molecule has 0 bridgehead atoms. The van der Waals surface area contributed by atoms with Gasteiger partial charge >= 0.3 is 0 Å². The third-order valence-electron chi connectivity index (χ3n) is 5.44. The van der Waals surface area contributed by atoms with E-state index < -0.39 is 0 Å². The van der Waals surface area contributed by atoms with Gasteiger partial charge in [-0.15, -0.1) is 0 Å². The Labute approximate surface area is 149 Å². The minimum Gasteiger partial charge on any atom is -0.340 e. The van der Waals surface area contributed by atoms with E-state index in [2.05, 4.69) is 39.2 Å². The van der Waals surface area contributed by atoms with Gasteiger partial charge in [-0.25, -0.2) is 0 Å². The Morgan fingerprint density at radius 1 is 1.00 bits per heavy atom. The Morgan fingerprint density at radius 3 is 2.32 bits per heavy atom. The molecule has 0 N–H and O–H groups in total. The van der Waals surface area contributed by atoms with Gasteiger partial charge in [0.05, 0.1) is 6.54 Å². The molecule has 1 amide bonds. The molecular formula is C20H26N4O. The first-order valence-electron chi connectivity index (χ1n) is 9.35. The molecule has 0 saturated carbocycles. The Morgan fingerprint density at radius 2 is 1.72 bits per heavy atom. The van der Waals surface area contributed by atoms with Crippen molar-refractivity contribution in [3.63, 3.8) is 0 Å². The number of hydrogen-bond donors (Lipinski definition) is 0. The van der Waals surface area contributed by atoms with E-state index in [0.29, 0.717) is 11.9 Å². The summed E-state index contributed by atoms with van der Waals surface area (Å²) in [6, 6.07) is 11.3. The molecular weight excluding hydrogens is 312 g/mol. The summed E-state index contributed by atoms with van der Waals surface area (Å²) in [6.07, 6.45) is 7.83. The molecule has 132 valence electrons. The predicted octanol–water partition coefficient (Wildman–Crippen LogP) is 2.52. The van der Waals surface area contributed by atoms with Crippen LogP contribution in [-0.4, -0.2) is 51.2 Å². The van der Waals surface area contributed by atoms with Gasteiger partial charge in [-0.3, -0.25) is 14.4 Å². The molecule has 25 heavy (non-hydrogen) atoms. The second-order valence-electron chi connectivity index (χ2n) is 7.22. The molecule has 0 aliphatic carbocycles. The number of hydrogen-bond acceptors (Lipinski definition) is 3. The van der Waals surface area contributed by atoms with E-state index in [-0.39, 0.29) is 0 Å². The second-order valence-corrected chi connectivity index (χ2v) is 7.22. The van der Waals surface area contributed by atoms with E-state index in [0.717, 1.165) is 58.4 Å². The van der Waals surface area contributed by atoms with E-state index in [1.165, 1.54) is 11.1 Å². The zero-order valence-corrected chi connectivity index (χ0v) is 14.7. The fourth-order valence-electron chi connectivity index (χ4n) is 4.03. The van der Waals surface area contributed by atoms with E-state index in [4.69, 9.17) is 0 Å². The highest BCUT2D eigenvalue weighted by Crippen LogP contribution is 2.23. The zero-order valence-electron chi connectivity index (χ0n) is 14.7. The van der Waals surface area contributed by atoms with Gasteiger partial charge in [-0.1, -0.05) is 24.3 Å². The van der Waals surface area contributed by atoms with E-state index in [1.54, 1.807) is 0 Å². The number of nitrogens with zero attached hydrogens (tertiary/aromatic N) is 4. The Bertz CT molecular complexity index is 687. The third-order valence-corrected chi connectivity index (χ3v) is 5.44. The topological polar surface area (TPSA) is 41.4 Å². The fourth-order valence-corrected chi connectivity index (χ4v) is 4.03. The molecule has 2 saturated heterocycles. The standard InChI is InChI=1S/C20H26N4O/c25-20-3-1-12-24(20)19-8-13-22(14-9-19)15-17-4-6-18(7-5-17)16-23-11-2-10-21-23/h2,4-7,10-11,19H,1,3,8-9,12-16H2. The maximum Gasteiger partial charge on any atom is 0.222 e. The number of benzene rings is 1. The van der Waals surface area contributed by atoms with Crippen LogP contribution in [0.1, 0.15) is 36.8 Å². The van der Waals surface area contributed by atoms with Crippen molar-refractivity contribution in [3.8, 4) is 0 Å². The molecule has 4 rings (SSSR count). The van der Waals surface area contributed by atoms with Crippen LogP contribution in [0.5, 0.6) is 0 Å². The summed E-state index contributed by atoms with van der Waals surface area (Å²) < 4.78 is 1.94. The van der Waals surface area contributed by atoms with Crippen LogP contribution in [0.3, 0.4) is 0 Å². The lowest BCUT2D eigenvalue weighted by molar-refractivity contribution is -0.130. The van der Waals surface area contributed by atoms with Crippen LogP contribution in [0, 0.1) is 0 Å². The average molecular weight is 338 g/mol. The van der Waals surface area contributed by atoms with Crippen LogP contribution in [0.4, 0.5) is 0 Å². The first-order chi connectivity index (χ1) is 12.3. The highest BCUT2D eigenvalue weighted by Gasteiger charge is 2.30. The summed E-state index contributed by atoms with van der Waals surface area (Å²) >= 11 is 0. The summed E-state index contributed by atoms with van der Waals surface area (Å²) in [5, 5.41) is 4.25. The molecule has 0 radical (unpaired) electrons. The summed E-state index contributed by atoms with van der Waals surface area (Å²) in [5.74, 6) is 0.367. The molecule has 2 aliphatic rings. The molecule has 2 aromatic rings. The van der Waals surface area contributed by atoms with Crippen molar-refractivity contribution in [1.82, 2.24) is 19.6 Å². The van der Waals surface area contributed by atoms with Crippen molar-refractivity contribution in [2.24, 2.45) is 0 Å². The Balaban J connectivity index is 1.27. The third kappa shape index (κ3) is 3.93. The molecule has 0 atom stereocenters. The molecule has 0 unspecified atom stereocenters. The zero-order chi connectivity index (χ0) is 17.1. The lowest BCUT2D eigenvalue weighted by Crippen LogP contribution is -2.45. The van der Waals surface area contributed by atoms with Crippen molar-refractivity contribution in [2.45, 2.75) is 44.8 Å². The molecule has 2 aliphatic heterocycles. The molecule has 5 heteroatoms. The van der Waals surface area contributed by atoms with Crippen LogP contribution in [0.25, 0.3) is 0 Å². The van der Waals surface area contributed by atoms with Crippen molar-refractivity contribution in [1.29, 1.82) is 0 Å². The van der Waals surface area contributed by atoms with Crippen molar-refractivity contribution >= 4 is 5.91 Å². The number of rotatable bonds is 5. The highest BCUT2D eigenvalue weighted by molar-refractivity contribution is 5.78. The summed E-state index contributed by atoms with van der Waals surface area (Å²) in [6.45, 7) is 4.97. The van der Waals surface area contributed by atoms with Crippen LogP contribution in [0.15, 0.2) is 42.7 Å². The number of carbonyl (C=O) groups excluding carboxylic acids is 1. The van der Waals surface area contributed by atoms with Gasteiger partial charge in [0, 0.05) is 51.0 Å². The lowest BCUT2D eigenvalue weighted by Gasteiger charge is -2.36. The van der Waals surface area contributed by atoms with Crippen LogP contribution >= 0.6 is 0 Å². The number of aromatic nitrogens is 2. The Hall–Kier alpha value is -2.14. The second kappa shape index (κ2) is 7.40. The average Bonchev–Trinajstić information content (AvgIpc) is 3.29. The number of carbonyl (C=O) groups is 1. The maximum absolute atomic E-state index is 11.9. The molecule has 0 spiro atoms. The van der Waals surface area contributed by atoms with Crippen molar-refractivity contribution in [3.05, 3.63) is 53.9 Å². The Kier molecular flexibility index (Phi) is 4.83. The largest absolute Gasteiger partial charge is 0.340 e. The van der Waals surface area contributed by atoms with Gasteiger partial charge in [-0.05, 0) is 36.5 Å². The highest BCUT2D eigenvalue weighted by atomic mass is 16.2. The van der Waals surface area contributed by atoms with Gasteiger partial charge in [0.15, 0.2) is 0 Å². The van der Waals surface area contributed by atoms with Crippen LogP contribution < -0.4 is 0 Å². The molecule has 2 fully saturated rings. The molecule has 1 aromatic heterocycles. The van der Waals surface area contributed by atoms with Crippen LogP contribution in [-0.2, 0) is 17.9 Å². The van der Waals surface area contributed by atoms with Gasteiger partial charge in [0.25, 0.3) is 0 Å². The number of piperidine rings is 1. The predicted molar refractivity (Wildman–Crippen MR) is 97.0 cm³/mol. The number of likely N-dealkylation sites (tertiary alicyclic amines) is 2. The monoisotopic (exact) mass is 338 g/mol. The smallest absolute Gasteiger partial charge is 0.222 e. The van der Waals surface area contributed by atoms with Gasteiger partial charge in [0.1, 0.15) is 0 Å². The van der Waals surface area contributed by atoms with Gasteiger partial charge < -0.3 is 4.90 Å². The molecule has 1 aromatic carbocycles. The molecule has 5 nitrogen and oxygen atoms in total. The molecule has 3 heterocycles. The first kappa shape index (κ1) is 16.3. The van der Waals surface area contributed by atoms with Crippen molar-refractivity contribution in [2.75, 3.05) is 19.6 Å². The minimum atomic E-state index is 0.367. The summed E-state index contributed by atoms with van der Waals surface area (Å²) in [7, 11) is 0. The van der Waals surface area contributed by atoms with E-state index in [1.807, 2.05) is 23.1 Å². The normalized spacial score (nSPS) is 19.7. The fraction of sp³-hybridized carbons (Fsp3) is 0.500. The first-order valence-corrected chi connectivity index (χ1v) is 9.35. The van der Waals surface area contributed by atoms with E-state index >= 15 is 0 Å². The SMILES string of the molecule is O=C1CCCN1C1CCN(Cc2ccc(Cn3cccn3)cc2)CC1. The van der Waals surface area contributed by atoms with Crippen molar-refractivity contribution < 1.29 is 4.79 Å². The number of amides is 1. The van der Waals surface area contributed by atoms with Crippen LogP contribution in [0.2, 0.25) is 0 Å². The minimum absolute atomic E-state index is 0.367. The lowest BCUT2D eigenvalue weighted by atomic mass is 10.0. The maximum atomic E-state index is 11.9. The quantitative estimate of drug-likeness (QED) is 0.841. The van der Waals surface area contributed by atoms with Gasteiger partial charge in [0.2, 0.25) is 5.91 Å².